The maximum Gasteiger partial charge on any atom is 0.387 e. The molecule has 0 saturated carbocycles. The molecule has 0 amide bonds. The van der Waals surface area contributed by atoms with Crippen LogP contribution in [0.15, 0.2) is 5.16 Å². The van der Waals surface area contributed by atoms with Crippen molar-refractivity contribution < 1.29 is 4.53 Å². The van der Waals surface area contributed by atoms with Crippen LogP contribution in [0, 0.1) is 11.8 Å². The smallest absolute Gasteiger partial charge is 0.387 e. The van der Waals surface area contributed by atoms with E-state index in [0.29, 0.717) is 11.8 Å². The van der Waals surface area contributed by atoms with Gasteiger partial charge in [0.1, 0.15) is 0 Å². The van der Waals surface area contributed by atoms with Crippen molar-refractivity contribution in [2.24, 2.45) is 17.0 Å². The van der Waals surface area contributed by atoms with Crippen molar-refractivity contribution >= 4 is 16.2 Å². The molecule has 0 fully saturated rings. The minimum Gasteiger partial charge on any atom is -0.454 e. The van der Waals surface area contributed by atoms with Crippen LogP contribution in [0.2, 0.25) is 0 Å². The predicted octanol–water partition coefficient (Wildman–Crippen LogP) is 1.75. The van der Waals surface area contributed by atoms with Crippen LogP contribution in [0.5, 0.6) is 0 Å². The highest BCUT2D eigenvalue weighted by Crippen LogP contribution is 2.11. The average molecular weight is 156 g/mol. The molecule has 3 heteroatoms. The zero-order valence-electron chi connectivity index (χ0n) is 7.01. The first-order valence-corrected chi connectivity index (χ1v) is 3.87. The third-order valence-electron chi connectivity index (χ3n) is 1.85. The summed E-state index contributed by atoms with van der Waals surface area (Å²) in [5, 5.41) is 3.78. The molecule has 0 aromatic carbocycles. The van der Waals surface area contributed by atoms with Crippen molar-refractivity contribution in [1.82, 2.24) is 0 Å². The zero-order valence-corrected chi connectivity index (χ0v) is 8.01. The minimum atomic E-state index is 0.483. The van der Waals surface area contributed by atoms with Gasteiger partial charge in [0.05, 0.1) is 5.71 Å². The van der Waals surface area contributed by atoms with Gasteiger partial charge in [0.25, 0.3) is 0 Å². The topological polar surface area (TPSA) is 21.6 Å². The van der Waals surface area contributed by atoms with E-state index in [4.69, 9.17) is 0 Å². The van der Waals surface area contributed by atoms with Crippen molar-refractivity contribution in [2.75, 3.05) is 0 Å². The molecule has 0 spiro atoms. The predicted molar refractivity (Wildman–Crippen MR) is 44.0 cm³/mol. The molecule has 10 heavy (non-hydrogen) atoms. The number of hydrogen-bond acceptors (Lipinski definition) is 2. The van der Waals surface area contributed by atoms with Crippen molar-refractivity contribution in [3.63, 3.8) is 0 Å². The van der Waals surface area contributed by atoms with Crippen LogP contribution in [0.4, 0.5) is 0 Å². The maximum absolute atomic E-state index is 4.47. The highest BCUT2D eigenvalue weighted by atomic mass is 28.2. The summed E-state index contributed by atoms with van der Waals surface area (Å²) < 4.78 is 4.47. The van der Waals surface area contributed by atoms with E-state index in [1.165, 1.54) is 0 Å². The van der Waals surface area contributed by atoms with E-state index in [1.54, 1.807) is 0 Å². The lowest BCUT2D eigenvalue weighted by atomic mass is 9.94. The standard InChI is InChI=1S/C7H14NOSi/c1-5(2)6(3)7(4)8-9-10/h5-6H,1-4H3/b8-7+. The summed E-state index contributed by atoms with van der Waals surface area (Å²) >= 11 is 0. The Hall–Kier alpha value is -0.313. The molecule has 1 atom stereocenters. The molecule has 0 saturated heterocycles. The van der Waals surface area contributed by atoms with E-state index >= 15 is 0 Å². The summed E-state index contributed by atoms with van der Waals surface area (Å²) in [6.07, 6.45) is 0. The van der Waals surface area contributed by atoms with Gasteiger partial charge in [0, 0.05) is 0 Å². The summed E-state index contributed by atoms with van der Waals surface area (Å²) in [6.45, 7) is 8.42. The fraction of sp³-hybridized carbons (Fsp3) is 0.857. The molecule has 0 heterocycles. The average Bonchev–Trinajstić information content (AvgIpc) is 1.87. The second-order valence-electron chi connectivity index (χ2n) is 2.86. The lowest BCUT2D eigenvalue weighted by Gasteiger charge is -2.13. The Kier molecular flexibility index (Phi) is 4.35. The monoisotopic (exact) mass is 156 g/mol. The van der Waals surface area contributed by atoms with E-state index < -0.39 is 0 Å². The molecule has 0 N–H and O–H groups in total. The van der Waals surface area contributed by atoms with Crippen LogP contribution >= 0.6 is 0 Å². The van der Waals surface area contributed by atoms with Gasteiger partial charge in [-0.05, 0) is 18.8 Å². The van der Waals surface area contributed by atoms with Gasteiger partial charge >= 0.3 is 10.5 Å². The molecule has 3 radical (unpaired) electrons. The van der Waals surface area contributed by atoms with Gasteiger partial charge in [0.15, 0.2) is 0 Å². The molecule has 0 aliphatic rings. The summed E-state index contributed by atoms with van der Waals surface area (Å²) in [6, 6.07) is 0. The van der Waals surface area contributed by atoms with Crippen LogP contribution in [0.25, 0.3) is 0 Å². The first-order valence-electron chi connectivity index (χ1n) is 3.46. The molecule has 0 aromatic heterocycles. The van der Waals surface area contributed by atoms with Crippen molar-refractivity contribution in [3.8, 4) is 0 Å². The Morgan fingerprint density at radius 2 is 1.90 bits per heavy atom. The maximum atomic E-state index is 4.47. The highest BCUT2D eigenvalue weighted by Gasteiger charge is 2.09. The van der Waals surface area contributed by atoms with Crippen molar-refractivity contribution in [3.05, 3.63) is 0 Å². The normalized spacial score (nSPS) is 15.6. The molecule has 0 rings (SSSR count). The summed E-state index contributed by atoms with van der Waals surface area (Å²) in [5.74, 6) is 1.10. The second kappa shape index (κ2) is 4.49. The molecule has 2 nitrogen and oxygen atoms in total. The first-order chi connectivity index (χ1) is 4.59. The number of oxime groups is 1. The molecule has 0 aliphatic carbocycles. The van der Waals surface area contributed by atoms with Gasteiger partial charge < -0.3 is 4.53 Å². The lowest BCUT2D eigenvalue weighted by molar-refractivity contribution is 0.368. The van der Waals surface area contributed by atoms with Crippen molar-refractivity contribution in [2.45, 2.75) is 27.7 Å². The summed E-state index contributed by atoms with van der Waals surface area (Å²) in [5.41, 5.74) is 1.02. The van der Waals surface area contributed by atoms with Crippen LogP contribution in [0.1, 0.15) is 27.7 Å². The molecule has 0 aliphatic heterocycles. The Morgan fingerprint density at radius 1 is 1.40 bits per heavy atom. The Balaban J connectivity index is 3.93. The lowest BCUT2D eigenvalue weighted by Crippen LogP contribution is -2.13. The molecule has 0 bridgehead atoms. The molecular formula is C7H14NOSi. The minimum absolute atomic E-state index is 0.483. The molecule has 57 valence electrons. The molecule has 0 aromatic rings. The number of rotatable bonds is 3. The largest absolute Gasteiger partial charge is 0.454 e. The van der Waals surface area contributed by atoms with Crippen LogP contribution in [-0.2, 0) is 4.53 Å². The molecular weight excluding hydrogens is 142 g/mol. The third kappa shape index (κ3) is 3.01. The Morgan fingerprint density at radius 3 is 2.20 bits per heavy atom. The quantitative estimate of drug-likeness (QED) is 0.346. The fourth-order valence-corrected chi connectivity index (χ4v) is 0.782. The van der Waals surface area contributed by atoms with E-state index in [0.717, 1.165) is 5.71 Å². The van der Waals surface area contributed by atoms with Crippen LogP contribution in [0.3, 0.4) is 0 Å². The van der Waals surface area contributed by atoms with Gasteiger partial charge in [-0.15, -0.1) is 5.16 Å². The Bertz CT molecular complexity index is 123. The van der Waals surface area contributed by atoms with Gasteiger partial charge in [-0.1, -0.05) is 20.8 Å². The fourth-order valence-electron chi connectivity index (χ4n) is 0.638. The SMILES string of the molecule is C/C(=N\O[Si])C(C)C(C)C. The Labute approximate surface area is 66.2 Å². The number of hydrogen-bond donors (Lipinski definition) is 0. The van der Waals surface area contributed by atoms with Crippen LogP contribution < -0.4 is 0 Å². The molecule has 1 unspecified atom stereocenters. The highest BCUT2D eigenvalue weighted by molar-refractivity contribution is 5.98. The zero-order chi connectivity index (χ0) is 8.15. The summed E-state index contributed by atoms with van der Waals surface area (Å²) in [4.78, 5) is 0. The third-order valence-corrected chi connectivity index (χ3v) is 1.94. The van der Waals surface area contributed by atoms with Gasteiger partial charge in [-0.25, -0.2) is 0 Å². The van der Waals surface area contributed by atoms with Crippen molar-refractivity contribution in [1.29, 1.82) is 0 Å². The van der Waals surface area contributed by atoms with Gasteiger partial charge in [0.2, 0.25) is 0 Å². The van der Waals surface area contributed by atoms with E-state index in [-0.39, 0.29) is 0 Å². The van der Waals surface area contributed by atoms with E-state index in [9.17, 15) is 0 Å². The second-order valence-corrected chi connectivity index (χ2v) is 3.04. The van der Waals surface area contributed by atoms with E-state index in [2.05, 4.69) is 40.9 Å². The van der Waals surface area contributed by atoms with Gasteiger partial charge in [-0.2, -0.15) is 0 Å². The number of nitrogens with zero attached hydrogens (tertiary/aromatic N) is 1. The van der Waals surface area contributed by atoms with Crippen LogP contribution in [-0.4, -0.2) is 16.2 Å². The first kappa shape index (κ1) is 9.69. The van der Waals surface area contributed by atoms with E-state index in [1.807, 2.05) is 6.92 Å². The summed E-state index contributed by atoms with van der Waals surface area (Å²) in [7, 11) is 2.82. The van der Waals surface area contributed by atoms with Gasteiger partial charge in [-0.3, -0.25) is 0 Å².